The molecule has 0 aliphatic carbocycles. The van der Waals surface area contributed by atoms with Gasteiger partial charge in [-0.3, -0.25) is 0 Å². The van der Waals surface area contributed by atoms with Gasteiger partial charge in [0.2, 0.25) is 0 Å². The number of hydrogen-bond acceptors (Lipinski definition) is 0. The molecule has 1 heteroatoms. The minimum atomic E-state index is -0.803. The third-order valence-corrected chi connectivity index (χ3v) is 2.56. The van der Waals surface area contributed by atoms with E-state index in [1.54, 1.807) is 0 Å². The SMILES string of the molecule is CCC[CH][Si](C)(C)C. The molecule has 0 aromatic rings. The third kappa shape index (κ3) is 6.22. The molecular weight excluding hydrogens is 112 g/mol. The maximum absolute atomic E-state index is 2.51. The van der Waals surface area contributed by atoms with Crippen molar-refractivity contribution in [3.63, 3.8) is 0 Å². The summed E-state index contributed by atoms with van der Waals surface area (Å²) >= 11 is 0. The number of hydrogen-bond donors (Lipinski definition) is 0. The van der Waals surface area contributed by atoms with Gasteiger partial charge in [-0.1, -0.05) is 39.4 Å². The fraction of sp³-hybridized carbons (Fsp3) is 0.857. The largest absolute Gasteiger partial charge is 0.0693 e. The summed E-state index contributed by atoms with van der Waals surface area (Å²) in [4.78, 5) is 0. The fourth-order valence-electron chi connectivity index (χ4n) is 0.577. The van der Waals surface area contributed by atoms with E-state index in [-0.39, 0.29) is 0 Å². The van der Waals surface area contributed by atoms with Crippen LogP contribution in [0, 0.1) is 6.04 Å². The first-order valence-corrected chi connectivity index (χ1v) is 6.98. The molecule has 0 saturated carbocycles. The van der Waals surface area contributed by atoms with Gasteiger partial charge in [0.1, 0.15) is 0 Å². The molecule has 0 unspecified atom stereocenters. The van der Waals surface area contributed by atoms with E-state index in [1.807, 2.05) is 0 Å². The van der Waals surface area contributed by atoms with Crippen molar-refractivity contribution in [3.8, 4) is 0 Å². The second-order valence-electron chi connectivity index (χ2n) is 3.36. The maximum Gasteiger partial charge on any atom is 0.0473 e. The van der Waals surface area contributed by atoms with Crippen molar-refractivity contribution in [1.82, 2.24) is 0 Å². The van der Waals surface area contributed by atoms with Gasteiger partial charge in [0.05, 0.1) is 0 Å². The number of rotatable bonds is 3. The Balaban J connectivity index is 3.11. The molecule has 8 heavy (non-hydrogen) atoms. The van der Waals surface area contributed by atoms with Gasteiger partial charge in [0.25, 0.3) is 0 Å². The summed E-state index contributed by atoms with van der Waals surface area (Å²) in [6, 6.07) is 2.51. The first-order chi connectivity index (χ1) is 3.56. The highest BCUT2D eigenvalue weighted by Crippen LogP contribution is 2.08. The van der Waals surface area contributed by atoms with Crippen LogP contribution in [0.2, 0.25) is 19.6 Å². The second-order valence-corrected chi connectivity index (χ2v) is 8.50. The second kappa shape index (κ2) is 3.28. The molecule has 1 radical (unpaired) electrons. The normalized spacial score (nSPS) is 12.0. The molecule has 0 aromatic heterocycles. The molecule has 0 N–H and O–H groups in total. The van der Waals surface area contributed by atoms with Gasteiger partial charge in [-0.15, -0.1) is 0 Å². The summed E-state index contributed by atoms with van der Waals surface area (Å²) in [6.07, 6.45) is 2.62. The van der Waals surface area contributed by atoms with Gasteiger partial charge >= 0.3 is 0 Å². The quantitative estimate of drug-likeness (QED) is 0.514. The minimum absolute atomic E-state index is 0.803. The van der Waals surface area contributed by atoms with E-state index in [1.165, 1.54) is 12.8 Å². The molecule has 0 amide bonds. The molecule has 0 heterocycles. The maximum atomic E-state index is 2.51. The summed E-state index contributed by atoms with van der Waals surface area (Å²) in [6.45, 7) is 9.37. The zero-order valence-corrected chi connectivity index (χ0v) is 7.49. The van der Waals surface area contributed by atoms with E-state index < -0.39 is 8.07 Å². The average Bonchev–Trinajstić information content (AvgIpc) is 1.59. The summed E-state index contributed by atoms with van der Waals surface area (Å²) < 4.78 is 0. The van der Waals surface area contributed by atoms with Gasteiger partial charge in [0.15, 0.2) is 0 Å². The molecule has 0 atom stereocenters. The van der Waals surface area contributed by atoms with E-state index in [0.29, 0.717) is 0 Å². The van der Waals surface area contributed by atoms with Gasteiger partial charge < -0.3 is 0 Å². The van der Waals surface area contributed by atoms with E-state index in [2.05, 4.69) is 32.6 Å². The molecule has 0 fully saturated rings. The Kier molecular flexibility index (Phi) is 3.37. The van der Waals surface area contributed by atoms with Gasteiger partial charge in [-0.25, -0.2) is 0 Å². The third-order valence-electron chi connectivity index (χ3n) is 1.05. The van der Waals surface area contributed by atoms with E-state index in [9.17, 15) is 0 Å². The molecule has 0 nitrogen and oxygen atoms in total. The van der Waals surface area contributed by atoms with Crippen LogP contribution >= 0.6 is 0 Å². The first-order valence-electron chi connectivity index (χ1n) is 3.40. The topological polar surface area (TPSA) is 0 Å². The minimum Gasteiger partial charge on any atom is -0.0693 e. The monoisotopic (exact) mass is 129 g/mol. The molecule has 0 aliphatic heterocycles. The van der Waals surface area contributed by atoms with E-state index >= 15 is 0 Å². The predicted molar refractivity (Wildman–Crippen MR) is 42.6 cm³/mol. The molecule has 0 bridgehead atoms. The lowest BCUT2D eigenvalue weighted by Crippen LogP contribution is -2.20. The van der Waals surface area contributed by atoms with Crippen LogP contribution in [0.3, 0.4) is 0 Å². The van der Waals surface area contributed by atoms with Crippen LogP contribution in [0.1, 0.15) is 19.8 Å². The molecule has 0 aromatic carbocycles. The molecule has 0 aliphatic rings. The average molecular weight is 129 g/mol. The van der Waals surface area contributed by atoms with Gasteiger partial charge in [-0.05, 0) is 6.04 Å². The fourth-order valence-corrected chi connectivity index (χ4v) is 1.73. The summed E-state index contributed by atoms with van der Waals surface area (Å²) in [7, 11) is -0.803. The van der Waals surface area contributed by atoms with Crippen molar-refractivity contribution < 1.29 is 0 Å². The van der Waals surface area contributed by atoms with Crippen molar-refractivity contribution in [2.75, 3.05) is 0 Å². The Bertz CT molecular complexity index is 51.9. The zero-order chi connectivity index (χ0) is 6.62. The van der Waals surface area contributed by atoms with Crippen LogP contribution in [0.4, 0.5) is 0 Å². The van der Waals surface area contributed by atoms with Crippen molar-refractivity contribution in [2.45, 2.75) is 39.4 Å². The molecular formula is C7H17Si. The van der Waals surface area contributed by atoms with Gasteiger partial charge in [0, 0.05) is 8.07 Å². The Morgan fingerprint density at radius 1 is 1.25 bits per heavy atom. The van der Waals surface area contributed by atoms with Gasteiger partial charge in [-0.2, -0.15) is 0 Å². The van der Waals surface area contributed by atoms with Crippen molar-refractivity contribution in [2.24, 2.45) is 0 Å². The smallest absolute Gasteiger partial charge is 0.0473 e. The highest BCUT2D eigenvalue weighted by atomic mass is 28.3. The van der Waals surface area contributed by atoms with Crippen LogP contribution in [-0.2, 0) is 0 Å². The Labute approximate surface area is 54.3 Å². The van der Waals surface area contributed by atoms with Crippen LogP contribution in [0.15, 0.2) is 0 Å². The molecule has 49 valence electrons. The summed E-state index contributed by atoms with van der Waals surface area (Å²) in [5.41, 5.74) is 0. The van der Waals surface area contributed by atoms with Crippen LogP contribution < -0.4 is 0 Å². The van der Waals surface area contributed by atoms with Crippen molar-refractivity contribution in [3.05, 3.63) is 6.04 Å². The Hall–Kier alpha value is 0.217. The van der Waals surface area contributed by atoms with E-state index in [4.69, 9.17) is 0 Å². The van der Waals surface area contributed by atoms with Crippen LogP contribution in [0.25, 0.3) is 0 Å². The highest BCUT2D eigenvalue weighted by molar-refractivity contribution is 6.79. The van der Waals surface area contributed by atoms with E-state index in [0.717, 1.165) is 0 Å². The first kappa shape index (κ1) is 8.22. The molecule has 0 saturated heterocycles. The molecule has 0 spiro atoms. The standard InChI is InChI=1S/C7H17Si/c1-5-6-7-8(2,3)4/h7H,5-6H2,1-4H3. The summed E-state index contributed by atoms with van der Waals surface area (Å²) in [5, 5.41) is 0. The lowest BCUT2D eigenvalue weighted by atomic mass is 10.4. The zero-order valence-electron chi connectivity index (χ0n) is 6.49. The summed E-state index contributed by atoms with van der Waals surface area (Å²) in [5.74, 6) is 0. The Morgan fingerprint density at radius 3 is 1.88 bits per heavy atom. The lowest BCUT2D eigenvalue weighted by molar-refractivity contribution is 0.932. The molecule has 0 rings (SSSR count). The van der Waals surface area contributed by atoms with Crippen LogP contribution in [0.5, 0.6) is 0 Å². The predicted octanol–water partition coefficient (Wildman–Crippen LogP) is 2.87. The Morgan fingerprint density at radius 2 is 1.75 bits per heavy atom. The number of unbranched alkanes of at least 4 members (excludes halogenated alkanes) is 1. The van der Waals surface area contributed by atoms with Crippen LogP contribution in [-0.4, -0.2) is 8.07 Å². The van der Waals surface area contributed by atoms with Crippen molar-refractivity contribution in [1.29, 1.82) is 0 Å². The lowest BCUT2D eigenvalue weighted by Gasteiger charge is -2.13. The highest BCUT2D eigenvalue weighted by Gasteiger charge is 2.10. The van der Waals surface area contributed by atoms with Crippen molar-refractivity contribution >= 4 is 8.07 Å².